The van der Waals surface area contributed by atoms with E-state index in [1.165, 1.54) is 12.8 Å². The summed E-state index contributed by atoms with van der Waals surface area (Å²) in [5, 5.41) is 3.50. The Labute approximate surface area is 149 Å². The van der Waals surface area contributed by atoms with Gasteiger partial charge in [-0.1, -0.05) is 0 Å². The zero-order chi connectivity index (χ0) is 17.6. The number of rotatable bonds is 7. The number of nitrogens with zero attached hydrogens (tertiary/aromatic N) is 3. The highest BCUT2D eigenvalue weighted by atomic mass is 16.5. The van der Waals surface area contributed by atoms with Crippen molar-refractivity contribution in [1.29, 1.82) is 0 Å². The third-order valence-corrected chi connectivity index (χ3v) is 4.60. The molecule has 1 aliphatic heterocycles. The SMILES string of the molecule is COc1ccc(OC)c([C@H](C)NCc2cnc(N3CCCC3)nc2)c1. The largest absolute Gasteiger partial charge is 0.497 e. The van der Waals surface area contributed by atoms with Gasteiger partial charge in [0.05, 0.1) is 14.2 Å². The molecule has 2 heterocycles. The molecule has 0 unspecified atom stereocenters. The van der Waals surface area contributed by atoms with Crippen molar-refractivity contribution < 1.29 is 9.47 Å². The average molecular weight is 342 g/mol. The summed E-state index contributed by atoms with van der Waals surface area (Å²) in [6.45, 7) is 4.92. The molecule has 1 aliphatic rings. The minimum atomic E-state index is 0.114. The number of hydrogen-bond acceptors (Lipinski definition) is 6. The van der Waals surface area contributed by atoms with Crippen LogP contribution in [-0.4, -0.2) is 37.3 Å². The monoisotopic (exact) mass is 342 g/mol. The molecule has 25 heavy (non-hydrogen) atoms. The van der Waals surface area contributed by atoms with E-state index in [-0.39, 0.29) is 6.04 Å². The lowest BCUT2D eigenvalue weighted by Gasteiger charge is -2.19. The van der Waals surface area contributed by atoms with Crippen molar-refractivity contribution in [3.8, 4) is 11.5 Å². The Balaban J connectivity index is 1.63. The minimum Gasteiger partial charge on any atom is -0.497 e. The third-order valence-electron chi connectivity index (χ3n) is 4.60. The highest BCUT2D eigenvalue weighted by Gasteiger charge is 2.15. The van der Waals surface area contributed by atoms with E-state index in [2.05, 4.69) is 27.1 Å². The molecule has 1 N–H and O–H groups in total. The zero-order valence-electron chi connectivity index (χ0n) is 15.2. The molecule has 6 heteroatoms. The van der Waals surface area contributed by atoms with Crippen LogP contribution in [0.4, 0.5) is 5.95 Å². The molecule has 1 saturated heterocycles. The van der Waals surface area contributed by atoms with Crippen LogP contribution < -0.4 is 19.7 Å². The third kappa shape index (κ3) is 4.20. The molecule has 3 rings (SSSR count). The predicted octanol–water partition coefficient (Wildman–Crippen LogP) is 2.94. The Bertz CT molecular complexity index is 684. The summed E-state index contributed by atoms with van der Waals surface area (Å²) in [4.78, 5) is 11.2. The van der Waals surface area contributed by atoms with Crippen LogP contribution in [0.25, 0.3) is 0 Å². The standard InChI is InChI=1S/C19H26N4O2/c1-14(17-10-16(24-2)6-7-18(17)25-3)20-11-15-12-21-19(22-13-15)23-8-4-5-9-23/h6-7,10,12-14,20H,4-5,8-9,11H2,1-3H3/t14-/m0/s1. The lowest BCUT2D eigenvalue weighted by atomic mass is 10.1. The van der Waals surface area contributed by atoms with E-state index in [0.29, 0.717) is 6.54 Å². The number of nitrogens with one attached hydrogen (secondary N) is 1. The van der Waals surface area contributed by atoms with Gasteiger partial charge >= 0.3 is 0 Å². The molecule has 0 saturated carbocycles. The van der Waals surface area contributed by atoms with Crippen molar-refractivity contribution in [1.82, 2.24) is 15.3 Å². The molecule has 1 atom stereocenters. The molecule has 0 aliphatic carbocycles. The smallest absolute Gasteiger partial charge is 0.225 e. The summed E-state index contributed by atoms with van der Waals surface area (Å²) in [6.07, 6.45) is 6.27. The molecule has 2 aromatic rings. The maximum atomic E-state index is 5.46. The van der Waals surface area contributed by atoms with Crippen LogP contribution in [0.3, 0.4) is 0 Å². The van der Waals surface area contributed by atoms with Gasteiger partial charge in [0, 0.05) is 49.2 Å². The first-order valence-electron chi connectivity index (χ1n) is 8.72. The molecule has 1 aromatic carbocycles. The highest BCUT2D eigenvalue weighted by molar-refractivity contribution is 5.42. The van der Waals surface area contributed by atoms with E-state index in [4.69, 9.17) is 9.47 Å². The van der Waals surface area contributed by atoms with Crippen molar-refractivity contribution in [3.05, 3.63) is 41.7 Å². The Morgan fingerprint density at radius 3 is 2.48 bits per heavy atom. The van der Waals surface area contributed by atoms with Gasteiger partial charge in [-0.3, -0.25) is 0 Å². The first kappa shape index (κ1) is 17.5. The van der Waals surface area contributed by atoms with Crippen molar-refractivity contribution >= 4 is 5.95 Å². The van der Waals surface area contributed by atoms with E-state index in [1.54, 1.807) is 14.2 Å². The van der Waals surface area contributed by atoms with E-state index < -0.39 is 0 Å². The maximum Gasteiger partial charge on any atom is 0.225 e. The lowest BCUT2D eigenvalue weighted by Crippen LogP contribution is -2.21. The molecule has 0 amide bonds. The zero-order valence-corrected chi connectivity index (χ0v) is 15.2. The Morgan fingerprint density at radius 1 is 1.12 bits per heavy atom. The van der Waals surface area contributed by atoms with Gasteiger partial charge < -0.3 is 19.7 Å². The number of aromatic nitrogens is 2. The number of methoxy groups -OCH3 is 2. The summed E-state index contributed by atoms with van der Waals surface area (Å²) in [7, 11) is 3.35. The molecule has 1 aromatic heterocycles. The Morgan fingerprint density at radius 2 is 1.84 bits per heavy atom. The van der Waals surface area contributed by atoms with Crippen LogP contribution in [0, 0.1) is 0 Å². The summed E-state index contributed by atoms with van der Waals surface area (Å²) < 4.78 is 10.8. The van der Waals surface area contributed by atoms with Crippen LogP contribution in [0.5, 0.6) is 11.5 Å². The fourth-order valence-electron chi connectivity index (χ4n) is 3.08. The van der Waals surface area contributed by atoms with Crippen molar-refractivity contribution in [2.45, 2.75) is 32.4 Å². The van der Waals surface area contributed by atoms with Gasteiger partial charge in [0.25, 0.3) is 0 Å². The second-order valence-electron chi connectivity index (χ2n) is 6.30. The number of ether oxygens (including phenoxy) is 2. The van der Waals surface area contributed by atoms with Gasteiger partial charge in [0.2, 0.25) is 5.95 Å². The maximum absolute atomic E-state index is 5.46. The molecular formula is C19H26N4O2. The molecule has 0 spiro atoms. The quantitative estimate of drug-likeness (QED) is 0.835. The van der Waals surface area contributed by atoms with E-state index in [0.717, 1.165) is 41.7 Å². The van der Waals surface area contributed by atoms with Crippen LogP contribution in [-0.2, 0) is 6.54 Å². The van der Waals surface area contributed by atoms with Crippen LogP contribution in [0.1, 0.15) is 36.9 Å². The normalized spacial score (nSPS) is 15.2. The summed E-state index contributed by atoms with van der Waals surface area (Å²) in [5.74, 6) is 2.51. The van der Waals surface area contributed by atoms with Gasteiger partial charge in [-0.15, -0.1) is 0 Å². The fraction of sp³-hybridized carbons (Fsp3) is 0.474. The van der Waals surface area contributed by atoms with Crippen LogP contribution >= 0.6 is 0 Å². The predicted molar refractivity (Wildman–Crippen MR) is 98.3 cm³/mol. The number of hydrogen-bond donors (Lipinski definition) is 1. The Hall–Kier alpha value is -2.34. The molecule has 0 radical (unpaired) electrons. The fourth-order valence-corrected chi connectivity index (χ4v) is 3.08. The number of anilines is 1. The van der Waals surface area contributed by atoms with Crippen LogP contribution in [0.2, 0.25) is 0 Å². The van der Waals surface area contributed by atoms with Gasteiger partial charge in [-0.05, 0) is 38.0 Å². The van der Waals surface area contributed by atoms with Crippen molar-refractivity contribution in [2.24, 2.45) is 0 Å². The molecule has 6 nitrogen and oxygen atoms in total. The minimum absolute atomic E-state index is 0.114. The topological polar surface area (TPSA) is 59.5 Å². The highest BCUT2D eigenvalue weighted by Crippen LogP contribution is 2.29. The summed E-state index contributed by atoms with van der Waals surface area (Å²) in [6, 6.07) is 5.95. The average Bonchev–Trinajstić information content (AvgIpc) is 3.20. The summed E-state index contributed by atoms with van der Waals surface area (Å²) in [5.41, 5.74) is 2.13. The molecular weight excluding hydrogens is 316 g/mol. The van der Waals surface area contributed by atoms with Crippen LogP contribution in [0.15, 0.2) is 30.6 Å². The van der Waals surface area contributed by atoms with Gasteiger partial charge in [-0.2, -0.15) is 0 Å². The van der Waals surface area contributed by atoms with Gasteiger partial charge in [-0.25, -0.2) is 9.97 Å². The first-order chi connectivity index (χ1) is 12.2. The lowest BCUT2D eigenvalue weighted by molar-refractivity contribution is 0.391. The number of benzene rings is 1. The van der Waals surface area contributed by atoms with E-state index >= 15 is 0 Å². The van der Waals surface area contributed by atoms with Crippen molar-refractivity contribution in [3.63, 3.8) is 0 Å². The second kappa shape index (κ2) is 8.16. The molecule has 0 bridgehead atoms. The van der Waals surface area contributed by atoms with E-state index in [9.17, 15) is 0 Å². The van der Waals surface area contributed by atoms with Gasteiger partial charge in [0.15, 0.2) is 0 Å². The van der Waals surface area contributed by atoms with Crippen molar-refractivity contribution in [2.75, 3.05) is 32.2 Å². The van der Waals surface area contributed by atoms with Gasteiger partial charge in [0.1, 0.15) is 11.5 Å². The second-order valence-corrected chi connectivity index (χ2v) is 6.30. The summed E-state index contributed by atoms with van der Waals surface area (Å²) >= 11 is 0. The van der Waals surface area contributed by atoms with E-state index in [1.807, 2.05) is 30.6 Å². The molecule has 1 fully saturated rings. The Kier molecular flexibility index (Phi) is 5.71. The first-order valence-corrected chi connectivity index (χ1v) is 8.72. The molecule has 134 valence electrons.